The Balaban J connectivity index is 0.000000280. The molecule has 15 heavy (non-hydrogen) atoms. The van der Waals surface area contributed by atoms with Crippen molar-refractivity contribution in [2.75, 3.05) is 6.54 Å². The second-order valence-electron chi connectivity index (χ2n) is 2.64. The summed E-state index contributed by atoms with van der Waals surface area (Å²) in [5.41, 5.74) is 7.92. The maximum atomic E-state index is 7.92. The fourth-order valence-electron chi connectivity index (χ4n) is 0.953. The molecule has 0 saturated heterocycles. The molecular weight excluding hydrogens is 230 g/mol. The van der Waals surface area contributed by atoms with Crippen LogP contribution in [0.3, 0.4) is 0 Å². The Bertz CT molecular complexity index is 173. The number of rotatable bonds is 2. The van der Waals surface area contributed by atoms with Crippen LogP contribution >= 0.6 is 0 Å². The molecule has 10 radical (unpaired) electrons. The monoisotopic (exact) mass is 241 g/mol. The molecule has 2 fully saturated rings. The van der Waals surface area contributed by atoms with E-state index < -0.39 is 0 Å². The van der Waals surface area contributed by atoms with Gasteiger partial charge in [-0.25, -0.2) is 0 Å². The van der Waals surface area contributed by atoms with E-state index in [9.17, 15) is 0 Å². The van der Waals surface area contributed by atoms with Crippen molar-refractivity contribution in [3.8, 4) is 0 Å². The zero-order chi connectivity index (χ0) is 10.1. The number of hydrogen-bond donors (Lipinski definition) is 0. The van der Waals surface area contributed by atoms with Crippen LogP contribution in [-0.2, 0) is 17.1 Å². The molecular formula is C11H11FeN3+2. The third-order valence-electron chi connectivity index (χ3n) is 1.60. The van der Waals surface area contributed by atoms with Crippen molar-refractivity contribution in [1.82, 2.24) is 0 Å². The first kappa shape index (κ1) is 14.8. The average Bonchev–Trinajstić information content (AvgIpc) is 2.90. The van der Waals surface area contributed by atoms with E-state index in [2.05, 4.69) is 10.0 Å². The first-order chi connectivity index (χ1) is 6.93. The van der Waals surface area contributed by atoms with Gasteiger partial charge in [0, 0.05) is 11.5 Å². The van der Waals surface area contributed by atoms with E-state index >= 15 is 0 Å². The van der Waals surface area contributed by atoms with Crippen LogP contribution in [0.15, 0.2) is 5.11 Å². The number of azide groups is 1. The molecule has 76 valence electrons. The van der Waals surface area contributed by atoms with Gasteiger partial charge < -0.3 is 0 Å². The van der Waals surface area contributed by atoms with Gasteiger partial charge >= 0.3 is 17.1 Å². The number of nitrogens with zero attached hydrogens (tertiary/aromatic N) is 3. The molecule has 0 spiro atoms. The molecule has 0 bridgehead atoms. The second kappa shape index (κ2) is 10.4. The molecule has 4 heteroatoms. The van der Waals surface area contributed by atoms with E-state index in [1.165, 1.54) is 0 Å². The van der Waals surface area contributed by atoms with E-state index in [1.54, 1.807) is 0 Å². The summed E-state index contributed by atoms with van der Waals surface area (Å²) in [6.07, 6.45) is 17.7. The van der Waals surface area contributed by atoms with Gasteiger partial charge in [-0.2, -0.15) is 0 Å². The van der Waals surface area contributed by atoms with Gasteiger partial charge in [0.05, 0.1) is 0 Å². The Labute approximate surface area is 103 Å². The van der Waals surface area contributed by atoms with E-state index in [0.29, 0.717) is 6.54 Å². The van der Waals surface area contributed by atoms with Gasteiger partial charge in [0.1, 0.15) is 0 Å². The summed E-state index contributed by atoms with van der Waals surface area (Å²) in [6, 6.07) is 0. The maximum Gasteiger partial charge on any atom is 2.00 e. The predicted octanol–water partition coefficient (Wildman–Crippen LogP) is 2.72. The Hall–Kier alpha value is -0.171. The second-order valence-corrected chi connectivity index (χ2v) is 2.64. The molecule has 0 aromatic rings. The average molecular weight is 241 g/mol. The quantitative estimate of drug-likeness (QED) is 0.309. The molecule has 3 nitrogen and oxygen atoms in total. The fourth-order valence-corrected chi connectivity index (χ4v) is 0.953. The van der Waals surface area contributed by atoms with Crippen LogP contribution in [0, 0.1) is 63.7 Å². The molecule has 0 atom stereocenters. The minimum absolute atomic E-state index is 0. The summed E-state index contributed by atoms with van der Waals surface area (Å²) in [5.74, 6) is 1.06. The van der Waals surface area contributed by atoms with Crippen LogP contribution in [0.25, 0.3) is 10.4 Å². The van der Waals surface area contributed by atoms with Gasteiger partial charge in [-0.15, -0.1) is 0 Å². The smallest absolute Gasteiger partial charge is 0.0934 e. The van der Waals surface area contributed by atoms with E-state index in [1.807, 2.05) is 57.8 Å². The summed E-state index contributed by atoms with van der Waals surface area (Å²) < 4.78 is 0. The number of hydrogen-bond acceptors (Lipinski definition) is 1. The van der Waals surface area contributed by atoms with Gasteiger partial charge in [0.2, 0.25) is 0 Å². The van der Waals surface area contributed by atoms with Crippen LogP contribution < -0.4 is 0 Å². The maximum absolute atomic E-state index is 7.92. The first-order valence-electron chi connectivity index (χ1n) is 4.31. The third kappa shape index (κ3) is 7.72. The van der Waals surface area contributed by atoms with Crippen molar-refractivity contribution in [3.63, 3.8) is 0 Å². The Morgan fingerprint density at radius 3 is 1.80 bits per heavy atom. The van der Waals surface area contributed by atoms with Crippen molar-refractivity contribution < 1.29 is 17.1 Å². The third-order valence-corrected chi connectivity index (χ3v) is 1.60. The van der Waals surface area contributed by atoms with Crippen molar-refractivity contribution in [2.24, 2.45) is 5.11 Å². The van der Waals surface area contributed by atoms with Crippen molar-refractivity contribution >= 4 is 0 Å². The molecule has 0 heterocycles. The van der Waals surface area contributed by atoms with Crippen LogP contribution in [0.2, 0.25) is 0 Å². The van der Waals surface area contributed by atoms with Gasteiger partial charge in [0.25, 0.3) is 0 Å². The van der Waals surface area contributed by atoms with Crippen molar-refractivity contribution in [1.29, 1.82) is 0 Å². The molecule has 2 rings (SSSR count). The topological polar surface area (TPSA) is 48.8 Å². The van der Waals surface area contributed by atoms with Crippen molar-refractivity contribution in [3.05, 3.63) is 74.1 Å². The van der Waals surface area contributed by atoms with E-state index in [4.69, 9.17) is 5.53 Å². The molecule has 0 amide bonds. The summed E-state index contributed by atoms with van der Waals surface area (Å²) >= 11 is 0. The zero-order valence-electron chi connectivity index (χ0n) is 8.10. The Morgan fingerprint density at radius 1 is 0.933 bits per heavy atom. The van der Waals surface area contributed by atoms with E-state index in [-0.39, 0.29) is 17.1 Å². The molecule has 2 saturated carbocycles. The van der Waals surface area contributed by atoms with Crippen LogP contribution in [0.4, 0.5) is 0 Å². The normalized spacial score (nSPS) is 19.7. The van der Waals surface area contributed by atoms with E-state index in [0.717, 1.165) is 5.92 Å². The molecule has 0 unspecified atom stereocenters. The SMILES string of the molecule is [CH]1[CH][CH][CH][CH]1.[Fe+2].[N-]=[N+]=NC[C]1[CH][CH][CH][CH]1. The summed E-state index contributed by atoms with van der Waals surface area (Å²) in [5, 5.41) is 3.39. The summed E-state index contributed by atoms with van der Waals surface area (Å²) in [7, 11) is 0. The van der Waals surface area contributed by atoms with Crippen LogP contribution in [0.5, 0.6) is 0 Å². The molecule has 0 aromatic carbocycles. The molecule has 2 aliphatic rings. The minimum atomic E-state index is 0. The molecule has 0 aliphatic heterocycles. The molecule has 0 aromatic heterocycles. The van der Waals surface area contributed by atoms with Gasteiger partial charge in [0.15, 0.2) is 0 Å². The Kier molecular flexibility index (Phi) is 10.2. The largest absolute Gasteiger partial charge is 2.00 e. The summed E-state index contributed by atoms with van der Waals surface area (Å²) in [4.78, 5) is 2.64. The standard InChI is InChI=1S/C6H6N3.C5H5.Fe/c7-9-8-5-6-3-1-2-4-6;1-2-4-5-3-1;/h1-4H,5H2;1-5H;/q;;+2. The van der Waals surface area contributed by atoms with Gasteiger partial charge in [-0.3, -0.25) is 0 Å². The predicted molar refractivity (Wildman–Crippen MR) is 56.0 cm³/mol. The fraction of sp³-hybridized carbons (Fsp3) is 0.0909. The zero-order valence-corrected chi connectivity index (χ0v) is 9.20. The van der Waals surface area contributed by atoms with Crippen LogP contribution in [0.1, 0.15) is 0 Å². The van der Waals surface area contributed by atoms with Crippen LogP contribution in [-0.4, -0.2) is 6.54 Å². The molecule has 2 aliphatic carbocycles. The van der Waals surface area contributed by atoms with Crippen molar-refractivity contribution in [2.45, 2.75) is 0 Å². The Morgan fingerprint density at radius 2 is 1.40 bits per heavy atom. The van der Waals surface area contributed by atoms with Gasteiger partial charge in [-0.05, 0) is 69.2 Å². The minimum Gasteiger partial charge on any atom is -0.0934 e. The van der Waals surface area contributed by atoms with Gasteiger partial charge in [-0.1, -0.05) is 5.11 Å². The first-order valence-corrected chi connectivity index (χ1v) is 4.31. The summed E-state index contributed by atoms with van der Waals surface area (Å²) in [6.45, 7) is 0.462. The molecule has 0 N–H and O–H groups in total.